The second-order valence-electron chi connectivity index (χ2n) is 18.8. The molecule has 376 valence electrons. The molecule has 3 atom stereocenters. The average molecular weight is 908 g/mol. The summed E-state index contributed by atoms with van der Waals surface area (Å²) in [5.74, 6) is -0.504. The lowest BCUT2D eigenvalue weighted by Crippen LogP contribution is -2.46. The minimum Gasteiger partial charge on any atom is -0.462 e. The van der Waals surface area contributed by atoms with Gasteiger partial charge in [-0.15, -0.1) is 0 Å². The smallest absolute Gasteiger partial charge is 0.306 e. The first kappa shape index (κ1) is 62.3. The number of esters is 1. The molecule has 6 nitrogen and oxygen atoms in total. The molecule has 3 unspecified atom stereocenters. The normalized spacial score (nSPS) is 13.7. The van der Waals surface area contributed by atoms with E-state index in [1.54, 1.807) is 0 Å². The largest absolute Gasteiger partial charge is 0.462 e. The van der Waals surface area contributed by atoms with E-state index < -0.39 is 18.2 Å². The second-order valence-corrected chi connectivity index (χ2v) is 18.8. The molecule has 1 amide bonds. The summed E-state index contributed by atoms with van der Waals surface area (Å²) in [6.45, 7) is 6.39. The number of rotatable bonds is 49. The van der Waals surface area contributed by atoms with Crippen LogP contribution in [0.2, 0.25) is 0 Å². The molecule has 0 aliphatic rings. The van der Waals surface area contributed by atoms with Crippen LogP contribution in [0, 0.1) is 0 Å². The number of aliphatic hydroxyl groups is 2. The van der Waals surface area contributed by atoms with Crippen molar-refractivity contribution in [1.82, 2.24) is 5.32 Å². The summed E-state index contributed by atoms with van der Waals surface area (Å²) in [5.41, 5.74) is 0. The highest BCUT2D eigenvalue weighted by atomic mass is 16.5. The van der Waals surface area contributed by atoms with Crippen molar-refractivity contribution >= 4 is 11.9 Å². The van der Waals surface area contributed by atoms with Gasteiger partial charge in [0, 0.05) is 6.42 Å². The lowest BCUT2D eigenvalue weighted by Gasteiger charge is -2.24. The van der Waals surface area contributed by atoms with Crippen molar-refractivity contribution in [2.75, 3.05) is 6.61 Å². The van der Waals surface area contributed by atoms with E-state index >= 15 is 0 Å². The number of hydrogen-bond donors (Lipinski definition) is 3. The first-order valence-electron chi connectivity index (χ1n) is 27.7. The third-order valence-corrected chi connectivity index (χ3v) is 12.4. The van der Waals surface area contributed by atoms with Gasteiger partial charge in [-0.1, -0.05) is 254 Å². The zero-order chi connectivity index (χ0) is 47.4. The summed E-state index contributed by atoms with van der Waals surface area (Å²) in [5, 5.41) is 23.8. The summed E-state index contributed by atoms with van der Waals surface area (Å²) in [4.78, 5) is 26.2. The van der Waals surface area contributed by atoms with E-state index in [2.05, 4.69) is 74.7 Å². The molecule has 0 rings (SSSR count). The van der Waals surface area contributed by atoms with Crippen LogP contribution in [-0.2, 0) is 14.3 Å². The Morgan fingerprint density at radius 2 is 0.831 bits per heavy atom. The van der Waals surface area contributed by atoms with Gasteiger partial charge < -0.3 is 20.3 Å². The molecule has 3 N–H and O–H groups in total. The van der Waals surface area contributed by atoms with Gasteiger partial charge in [0.15, 0.2) is 0 Å². The number of allylic oxidation sites excluding steroid dienone is 12. The maximum atomic E-state index is 13.2. The van der Waals surface area contributed by atoms with Crippen LogP contribution in [0.15, 0.2) is 72.9 Å². The number of amides is 1. The summed E-state index contributed by atoms with van der Waals surface area (Å²) >= 11 is 0. The molecule has 0 saturated carbocycles. The Morgan fingerprint density at radius 1 is 0.446 bits per heavy atom. The fourth-order valence-corrected chi connectivity index (χ4v) is 8.16. The van der Waals surface area contributed by atoms with Crippen LogP contribution in [0.1, 0.15) is 265 Å². The highest BCUT2D eigenvalue weighted by Crippen LogP contribution is 2.18. The topological polar surface area (TPSA) is 95.9 Å². The summed E-state index contributed by atoms with van der Waals surface area (Å²) in [7, 11) is 0. The quantitative estimate of drug-likeness (QED) is 0.0245. The molecular formula is C59H105NO5. The van der Waals surface area contributed by atoms with Crippen LogP contribution in [0.3, 0.4) is 0 Å². The van der Waals surface area contributed by atoms with Crippen LogP contribution in [0.25, 0.3) is 0 Å². The Labute approximate surface area is 402 Å². The third-order valence-electron chi connectivity index (χ3n) is 12.4. The van der Waals surface area contributed by atoms with Crippen molar-refractivity contribution < 1.29 is 24.5 Å². The average Bonchev–Trinajstić information content (AvgIpc) is 3.30. The van der Waals surface area contributed by atoms with E-state index in [1.807, 2.05) is 24.3 Å². The van der Waals surface area contributed by atoms with Crippen molar-refractivity contribution in [3.8, 4) is 0 Å². The Morgan fingerprint density at radius 3 is 1.29 bits per heavy atom. The van der Waals surface area contributed by atoms with E-state index in [9.17, 15) is 19.8 Å². The predicted octanol–water partition coefficient (Wildman–Crippen LogP) is 17.0. The molecule has 6 heteroatoms. The lowest BCUT2D eigenvalue weighted by molar-refractivity contribution is -0.151. The molecule has 0 aromatic rings. The minimum absolute atomic E-state index is 0.0620. The molecule has 65 heavy (non-hydrogen) atoms. The zero-order valence-electron chi connectivity index (χ0n) is 42.9. The SMILES string of the molecule is CCC/C=C/C=C/C=C/C=C/C=C/CCCCCCCC(=O)OC(CCCCCCCCC/C=C/CCCCCCCC)CC(=O)NC(CO)C(O)CCCCCCCCCCCCC. The number of ether oxygens (including phenoxy) is 1. The Hall–Kier alpha value is -2.70. The third kappa shape index (κ3) is 47.6. The van der Waals surface area contributed by atoms with Gasteiger partial charge in [0.05, 0.1) is 25.2 Å². The van der Waals surface area contributed by atoms with Gasteiger partial charge in [0.25, 0.3) is 0 Å². The second kappa shape index (κ2) is 52.3. The van der Waals surface area contributed by atoms with Crippen molar-refractivity contribution in [1.29, 1.82) is 0 Å². The number of unbranched alkanes of at least 4 members (excludes halogenated alkanes) is 29. The monoisotopic (exact) mass is 908 g/mol. The predicted molar refractivity (Wildman–Crippen MR) is 282 cm³/mol. The molecule has 0 aliphatic carbocycles. The standard InChI is InChI=1S/C59H105NO5/c1-4-7-10-13-16-19-22-24-26-28-30-32-34-37-40-43-46-49-52-59(64)65-55(50-47-44-41-38-36-33-31-29-27-25-23-20-17-14-11-8-5-2)53-58(63)60-56(54-61)57(62)51-48-45-42-39-35-21-18-15-12-9-6-3/h10,13,16,19,22,24-28,30,32,55-57,61-62H,4-9,11-12,14-15,17-18,20-21,23,29,31,33-54H2,1-3H3,(H,60,63)/b13-10+,19-16+,24-22+,27-25+,28-26+,32-30+. The van der Waals surface area contributed by atoms with Crippen molar-refractivity contribution in [3.05, 3.63) is 72.9 Å². The fourth-order valence-electron chi connectivity index (χ4n) is 8.16. The Kier molecular flexibility index (Phi) is 50.1. The van der Waals surface area contributed by atoms with Crippen LogP contribution in [0.4, 0.5) is 0 Å². The molecule has 0 aliphatic heterocycles. The van der Waals surface area contributed by atoms with Gasteiger partial charge in [-0.2, -0.15) is 0 Å². The Bertz CT molecular complexity index is 1200. The van der Waals surface area contributed by atoms with Gasteiger partial charge >= 0.3 is 5.97 Å². The molecule has 0 aromatic carbocycles. The van der Waals surface area contributed by atoms with Gasteiger partial charge in [0.2, 0.25) is 5.91 Å². The molecule has 0 radical (unpaired) electrons. The van der Waals surface area contributed by atoms with Crippen LogP contribution >= 0.6 is 0 Å². The number of hydrogen-bond acceptors (Lipinski definition) is 5. The van der Waals surface area contributed by atoms with E-state index in [0.29, 0.717) is 19.3 Å². The molecule has 0 heterocycles. The Balaban J connectivity index is 4.64. The summed E-state index contributed by atoms with van der Waals surface area (Å²) in [6.07, 6.45) is 66.7. The zero-order valence-corrected chi connectivity index (χ0v) is 42.9. The van der Waals surface area contributed by atoms with Gasteiger partial charge in [0.1, 0.15) is 6.10 Å². The molecule has 0 spiro atoms. The fraction of sp³-hybridized carbons (Fsp3) is 0.763. The van der Waals surface area contributed by atoms with E-state index in [0.717, 1.165) is 83.5 Å². The van der Waals surface area contributed by atoms with Crippen molar-refractivity contribution in [2.24, 2.45) is 0 Å². The highest BCUT2D eigenvalue weighted by molar-refractivity contribution is 5.77. The van der Waals surface area contributed by atoms with Gasteiger partial charge in [-0.05, 0) is 70.6 Å². The van der Waals surface area contributed by atoms with E-state index in [1.165, 1.54) is 135 Å². The van der Waals surface area contributed by atoms with Crippen molar-refractivity contribution in [2.45, 2.75) is 283 Å². The number of nitrogens with one attached hydrogen (secondary N) is 1. The van der Waals surface area contributed by atoms with E-state index in [-0.39, 0.29) is 24.9 Å². The highest BCUT2D eigenvalue weighted by Gasteiger charge is 2.24. The molecule has 0 bridgehead atoms. The van der Waals surface area contributed by atoms with Crippen LogP contribution < -0.4 is 5.32 Å². The van der Waals surface area contributed by atoms with Crippen LogP contribution in [-0.4, -0.2) is 46.9 Å². The number of aliphatic hydroxyl groups excluding tert-OH is 2. The van der Waals surface area contributed by atoms with E-state index in [4.69, 9.17) is 4.74 Å². The van der Waals surface area contributed by atoms with Crippen molar-refractivity contribution in [3.63, 3.8) is 0 Å². The van der Waals surface area contributed by atoms with Gasteiger partial charge in [-0.3, -0.25) is 9.59 Å². The molecular weight excluding hydrogens is 803 g/mol. The molecule has 0 saturated heterocycles. The molecule has 0 aromatic heterocycles. The summed E-state index contributed by atoms with van der Waals surface area (Å²) in [6, 6.07) is -0.711. The van der Waals surface area contributed by atoms with Crippen LogP contribution in [0.5, 0.6) is 0 Å². The minimum atomic E-state index is -0.796. The number of carbonyl (C=O) groups excluding carboxylic acids is 2. The first-order chi connectivity index (χ1) is 32.0. The lowest BCUT2D eigenvalue weighted by atomic mass is 10.0. The maximum absolute atomic E-state index is 13.2. The summed E-state index contributed by atoms with van der Waals surface area (Å²) < 4.78 is 5.94. The molecule has 0 fully saturated rings. The van der Waals surface area contributed by atoms with Gasteiger partial charge in [-0.25, -0.2) is 0 Å². The maximum Gasteiger partial charge on any atom is 0.306 e. The number of carbonyl (C=O) groups is 2. The first-order valence-corrected chi connectivity index (χ1v) is 27.7.